The lowest BCUT2D eigenvalue weighted by Crippen LogP contribution is -2.35. The second-order valence-electron chi connectivity index (χ2n) is 5.50. The largest absolute Gasteiger partial charge is 0.393 e. The van der Waals surface area contributed by atoms with Gasteiger partial charge in [-0.3, -0.25) is 4.98 Å². The number of nitrogens with one attached hydrogen (secondary N) is 1. The number of pyridine rings is 1. The van der Waals surface area contributed by atoms with Gasteiger partial charge in [0.2, 0.25) is 0 Å². The quantitative estimate of drug-likeness (QED) is 0.904. The monoisotopic (exact) mass is 334 g/mol. The number of hydrogen-bond donors (Lipinski definition) is 2. The summed E-state index contributed by atoms with van der Waals surface area (Å²) in [4.78, 5) is 4.50. The minimum atomic E-state index is -0.138. The summed E-state index contributed by atoms with van der Waals surface area (Å²) in [7, 11) is 0. The molecule has 0 bridgehead atoms. The molecule has 3 nitrogen and oxygen atoms in total. The molecule has 0 saturated heterocycles. The Morgan fingerprint density at radius 2 is 2.20 bits per heavy atom. The maximum Gasteiger partial charge on any atom is 0.0758 e. The molecule has 1 fully saturated rings. The topological polar surface area (TPSA) is 45.1 Å². The van der Waals surface area contributed by atoms with Crippen LogP contribution in [0.3, 0.4) is 0 Å². The van der Waals surface area contributed by atoms with Crippen molar-refractivity contribution in [3.63, 3.8) is 0 Å². The molecule has 3 rings (SSSR count). The van der Waals surface area contributed by atoms with Gasteiger partial charge < -0.3 is 10.4 Å². The maximum atomic E-state index is 9.73. The van der Waals surface area contributed by atoms with E-state index in [2.05, 4.69) is 44.4 Å². The Hall–Kier alpha value is -0.970. The number of aliphatic hydroxyl groups excluding tert-OH is 1. The van der Waals surface area contributed by atoms with Crippen molar-refractivity contribution >= 4 is 26.8 Å². The number of aromatic nitrogens is 1. The number of fused-ring (bicyclic) bond motifs is 1. The zero-order chi connectivity index (χ0) is 13.9. The summed E-state index contributed by atoms with van der Waals surface area (Å²) in [5, 5.41) is 14.4. The van der Waals surface area contributed by atoms with Gasteiger partial charge in [0.05, 0.1) is 11.6 Å². The van der Waals surface area contributed by atoms with Crippen molar-refractivity contribution in [2.45, 2.75) is 44.4 Å². The van der Waals surface area contributed by atoms with E-state index in [1.54, 1.807) is 0 Å². The van der Waals surface area contributed by atoms with Crippen molar-refractivity contribution in [3.8, 4) is 0 Å². The van der Waals surface area contributed by atoms with Crippen LogP contribution in [0, 0.1) is 0 Å². The Balaban J connectivity index is 1.76. The first-order valence-electron chi connectivity index (χ1n) is 7.17. The van der Waals surface area contributed by atoms with Gasteiger partial charge in [0, 0.05) is 28.6 Å². The van der Waals surface area contributed by atoms with Crippen LogP contribution in [0.5, 0.6) is 0 Å². The van der Waals surface area contributed by atoms with Gasteiger partial charge >= 0.3 is 0 Å². The molecule has 2 atom stereocenters. The predicted octanol–water partition coefficient (Wildman–Crippen LogP) is 3.39. The van der Waals surface area contributed by atoms with Crippen molar-refractivity contribution in [2.75, 3.05) is 0 Å². The average molecular weight is 335 g/mol. The minimum Gasteiger partial charge on any atom is -0.393 e. The molecular weight excluding hydrogens is 316 g/mol. The summed E-state index contributed by atoms with van der Waals surface area (Å²) in [6, 6.07) is 8.66. The van der Waals surface area contributed by atoms with E-state index in [1.165, 1.54) is 5.56 Å². The van der Waals surface area contributed by atoms with Gasteiger partial charge in [-0.25, -0.2) is 0 Å². The molecule has 1 heterocycles. The van der Waals surface area contributed by atoms with Gasteiger partial charge in [-0.1, -0.05) is 28.1 Å². The van der Waals surface area contributed by atoms with Crippen molar-refractivity contribution in [3.05, 3.63) is 40.5 Å². The number of hydrogen-bond acceptors (Lipinski definition) is 3. The van der Waals surface area contributed by atoms with Gasteiger partial charge in [-0.2, -0.15) is 0 Å². The molecule has 0 radical (unpaired) electrons. The fourth-order valence-electron chi connectivity index (χ4n) is 2.94. The summed E-state index contributed by atoms with van der Waals surface area (Å²) >= 11 is 3.57. The maximum absolute atomic E-state index is 9.73. The molecule has 4 heteroatoms. The molecule has 1 aromatic carbocycles. The van der Waals surface area contributed by atoms with Crippen molar-refractivity contribution in [1.82, 2.24) is 10.3 Å². The molecule has 106 valence electrons. The fourth-order valence-corrected chi connectivity index (χ4v) is 3.39. The van der Waals surface area contributed by atoms with E-state index in [0.717, 1.165) is 47.6 Å². The molecule has 2 aromatic rings. The van der Waals surface area contributed by atoms with Crippen molar-refractivity contribution in [1.29, 1.82) is 0 Å². The highest BCUT2D eigenvalue weighted by molar-refractivity contribution is 9.10. The highest BCUT2D eigenvalue weighted by atomic mass is 79.9. The van der Waals surface area contributed by atoms with Crippen molar-refractivity contribution in [2.24, 2.45) is 0 Å². The molecule has 1 aliphatic carbocycles. The summed E-state index contributed by atoms with van der Waals surface area (Å²) in [5.74, 6) is 0. The van der Waals surface area contributed by atoms with Crippen LogP contribution in [0.15, 0.2) is 34.9 Å². The van der Waals surface area contributed by atoms with Crippen LogP contribution in [-0.4, -0.2) is 22.2 Å². The lowest BCUT2D eigenvalue weighted by atomic mass is 9.93. The standard InChI is InChI=1S/C16H19BrN2O/c17-15-7-6-11(16-14(15)5-2-8-18-16)10-19-12-3-1-4-13(20)9-12/h2,5-8,12-13,19-20H,1,3-4,9-10H2. The molecule has 20 heavy (non-hydrogen) atoms. The van der Waals surface area contributed by atoms with Crippen molar-refractivity contribution < 1.29 is 5.11 Å². The van der Waals surface area contributed by atoms with Gasteiger partial charge in [0.1, 0.15) is 0 Å². The van der Waals surface area contributed by atoms with Gasteiger partial charge in [-0.05, 0) is 43.4 Å². The van der Waals surface area contributed by atoms with Gasteiger partial charge in [0.25, 0.3) is 0 Å². The zero-order valence-corrected chi connectivity index (χ0v) is 12.9. The third-order valence-corrected chi connectivity index (χ3v) is 4.72. The van der Waals surface area contributed by atoms with E-state index in [1.807, 2.05) is 12.3 Å². The normalized spacial score (nSPS) is 23.1. The average Bonchev–Trinajstić information content (AvgIpc) is 2.47. The highest BCUT2D eigenvalue weighted by Crippen LogP contribution is 2.25. The van der Waals surface area contributed by atoms with Crippen LogP contribution in [-0.2, 0) is 6.54 Å². The Labute approximate surface area is 127 Å². The van der Waals surface area contributed by atoms with Crippen LogP contribution in [0.25, 0.3) is 10.9 Å². The predicted molar refractivity (Wildman–Crippen MR) is 84.5 cm³/mol. The van der Waals surface area contributed by atoms with Gasteiger partial charge in [-0.15, -0.1) is 0 Å². The SMILES string of the molecule is OC1CCCC(NCc2ccc(Br)c3cccnc23)C1. The van der Waals surface area contributed by atoms with E-state index >= 15 is 0 Å². The molecule has 1 aliphatic rings. The van der Waals surface area contributed by atoms with Gasteiger partial charge in [0.15, 0.2) is 0 Å². The van der Waals surface area contributed by atoms with Crippen LogP contribution in [0.2, 0.25) is 0 Å². The number of benzene rings is 1. The number of halogens is 1. The van der Waals surface area contributed by atoms with Crippen LogP contribution in [0.4, 0.5) is 0 Å². The first-order chi connectivity index (χ1) is 9.74. The molecular formula is C16H19BrN2O. The van der Waals surface area contributed by atoms with E-state index in [9.17, 15) is 5.11 Å². The number of nitrogens with zero attached hydrogens (tertiary/aromatic N) is 1. The number of aliphatic hydroxyl groups is 1. The lowest BCUT2D eigenvalue weighted by molar-refractivity contribution is 0.111. The zero-order valence-electron chi connectivity index (χ0n) is 11.3. The third kappa shape index (κ3) is 3.03. The fraction of sp³-hybridized carbons (Fsp3) is 0.438. The summed E-state index contributed by atoms with van der Waals surface area (Å²) < 4.78 is 1.08. The molecule has 1 saturated carbocycles. The Kier molecular flexibility index (Phi) is 4.34. The van der Waals surface area contributed by atoms with Crippen LogP contribution >= 0.6 is 15.9 Å². The summed E-state index contributed by atoms with van der Waals surface area (Å²) in [6.07, 6.45) is 5.77. The molecule has 0 aliphatic heterocycles. The smallest absolute Gasteiger partial charge is 0.0758 e. The molecule has 2 unspecified atom stereocenters. The van der Waals surface area contributed by atoms with E-state index in [4.69, 9.17) is 0 Å². The Bertz CT molecular complexity index is 602. The molecule has 1 aromatic heterocycles. The Morgan fingerprint density at radius 1 is 1.30 bits per heavy atom. The first-order valence-corrected chi connectivity index (χ1v) is 7.97. The third-order valence-electron chi connectivity index (χ3n) is 4.03. The summed E-state index contributed by atoms with van der Waals surface area (Å²) in [6.45, 7) is 0.804. The molecule has 2 N–H and O–H groups in total. The second-order valence-corrected chi connectivity index (χ2v) is 6.36. The highest BCUT2D eigenvalue weighted by Gasteiger charge is 2.19. The van der Waals surface area contributed by atoms with Crippen LogP contribution in [0.1, 0.15) is 31.2 Å². The summed E-state index contributed by atoms with van der Waals surface area (Å²) in [5.41, 5.74) is 2.26. The van der Waals surface area contributed by atoms with E-state index in [0.29, 0.717) is 6.04 Å². The second kappa shape index (κ2) is 6.20. The van der Waals surface area contributed by atoms with Crippen LogP contribution < -0.4 is 5.32 Å². The lowest BCUT2D eigenvalue weighted by Gasteiger charge is -2.27. The van der Waals surface area contributed by atoms with E-state index in [-0.39, 0.29) is 6.10 Å². The minimum absolute atomic E-state index is 0.138. The van der Waals surface area contributed by atoms with E-state index < -0.39 is 0 Å². The number of rotatable bonds is 3. The first kappa shape index (κ1) is 14.0. The molecule has 0 amide bonds. The molecule has 0 spiro atoms. The Morgan fingerprint density at radius 3 is 3.05 bits per heavy atom.